The summed E-state index contributed by atoms with van der Waals surface area (Å²) >= 11 is 0. The lowest BCUT2D eigenvalue weighted by molar-refractivity contribution is 0.973. The van der Waals surface area contributed by atoms with Crippen molar-refractivity contribution in [3.63, 3.8) is 0 Å². The van der Waals surface area contributed by atoms with Crippen LogP contribution in [0.3, 0.4) is 0 Å². The molecule has 0 saturated carbocycles. The molecule has 0 N–H and O–H groups in total. The van der Waals surface area contributed by atoms with Gasteiger partial charge in [-0.05, 0) is 24.0 Å². The number of hydrogen-bond donors (Lipinski definition) is 0. The smallest absolute Gasteiger partial charge is 0.0475 e. The molecule has 2 heterocycles. The molecular weight excluding hydrogens is 146 g/mol. The molecular formula is C11H11N. The van der Waals surface area contributed by atoms with E-state index in [1.165, 1.54) is 29.8 Å². The third kappa shape index (κ3) is 0.685. The van der Waals surface area contributed by atoms with Crippen molar-refractivity contribution in [1.82, 2.24) is 0 Å². The summed E-state index contributed by atoms with van der Waals surface area (Å²) in [7, 11) is 0. The molecule has 2 aliphatic rings. The zero-order valence-electron chi connectivity index (χ0n) is 6.96. The molecule has 3 rings (SSSR count). The van der Waals surface area contributed by atoms with E-state index in [4.69, 9.17) is 0 Å². The van der Waals surface area contributed by atoms with Crippen LogP contribution in [0.15, 0.2) is 30.5 Å². The Morgan fingerprint density at radius 1 is 1.17 bits per heavy atom. The lowest BCUT2D eigenvalue weighted by atomic mass is 10.0. The molecule has 1 aromatic rings. The fourth-order valence-electron chi connectivity index (χ4n) is 2.19. The highest BCUT2D eigenvalue weighted by Gasteiger charge is 2.21. The van der Waals surface area contributed by atoms with Crippen LogP contribution < -0.4 is 4.90 Å². The molecule has 12 heavy (non-hydrogen) atoms. The molecule has 0 unspecified atom stereocenters. The lowest BCUT2D eigenvalue weighted by Crippen LogP contribution is -2.15. The Hall–Kier alpha value is -1.24. The Balaban J connectivity index is 2.28. The first-order chi connectivity index (χ1) is 5.95. The highest BCUT2D eigenvalue weighted by Crippen LogP contribution is 2.34. The van der Waals surface area contributed by atoms with Gasteiger partial charge in [0.05, 0.1) is 0 Å². The summed E-state index contributed by atoms with van der Waals surface area (Å²) in [4.78, 5) is 2.37. The van der Waals surface area contributed by atoms with E-state index in [1.807, 2.05) is 0 Å². The van der Waals surface area contributed by atoms with Gasteiger partial charge in [0.2, 0.25) is 0 Å². The van der Waals surface area contributed by atoms with E-state index in [0.29, 0.717) is 0 Å². The van der Waals surface area contributed by atoms with E-state index in [2.05, 4.69) is 35.4 Å². The summed E-state index contributed by atoms with van der Waals surface area (Å²) in [5.41, 5.74) is 4.50. The summed E-state index contributed by atoms with van der Waals surface area (Å²) in [5.74, 6) is 0. The van der Waals surface area contributed by atoms with Crippen LogP contribution in [-0.2, 0) is 12.8 Å². The molecule has 1 aromatic carbocycles. The standard InChI is InChI=1S/C11H11N/c1-3-9-5-2-7-12-8-6-10(4-1)11(9)12/h1-4,7H,5-6,8H2. The maximum atomic E-state index is 2.37. The van der Waals surface area contributed by atoms with Gasteiger partial charge in [-0.15, -0.1) is 0 Å². The van der Waals surface area contributed by atoms with E-state index < -0.39 is 0 Å². The molecule has 1 heteroatoms. The Kier molecular flexibility index (Phi) is 1.12. The third-order valence-corrected chi connectivity index (χ3v) is 2.74. The number of rotatable bonds is 0. The summed E-state index contributed by atoms with van der Waals surface area (Å²) in [5, 5.41) is 0. The van der Waals surface area contributed by atoms with Crippen LogP contribution in [0, 0.1) is 0 Å². The molecule has 60 valence electrons. The van der Waals surface area contributed by atoms with Crippen LogP contribution >= 0.6 is 0 Å². The van der Waals surface area contributed by atoms with Crippen molar-refractivity contribution < 1.29 is 0 Å². The minimum Gasteiger partial charge on any atom is -0.348 e. The molecule has 0 aliphatic carbocycles. The Morgan fingerprint density at radius 2 is 2.08 bits per heavy atom. The number of hydrogen-bond acceptors (Lipinski definition) is 1. The fraction of sp³-hybridized carbons (Fsp3) is 0.273. The van der Waals surface area contributed by atoms with Crippen LogP contribution in [-0.4, -0.2) is 6.54 Å². The maximum absolute atomic E-state index is 2.37. The van der Waals surface area contributed by atoms with Crippen LogP contribution in [0.25, 0.3) is 0 Å². The largest absolute Gasteiger partial charge is 0.348 e. The molecule has 0 radical (unpaired) electrons. The quantitative estimate of drug-likeness (QED) is 0.557. The van der Waals surface area contributed by atoms with Crippen LogP contribution in [0.2, 0.25) is 0 Å². The molecule has 0 aromatic heterocycles. The second-order valence-corrected chi connectivity index (χ2v) is 3.46. The Bertz CT molecular complexity index is 352. The number of benzene rings is 1. The summed E-state index contributed by atoms with van der Waals surface area (Å²) < 4.78 is 0. The lowest BCUT2D eigenvalue weighted by Gasteiger charge is -2.21. The number of para-hydroxylation sites is 1. The minimum absolute atomic E-state index is 1.11. The van der Waals surface area contributed by atoms with Gasteiger partial charge in [0, 0.05) is 18.4 Å². The molecule has 0 amide bonds. The van der Waals surface area contributed by atoms with E-state index in [9.17, 15) is 0 Å². The number of anilines is 1. The van der Waals surface area contributed by atoms with Crippen LogP contribution in [0.5, 0.6) is 0 Å². The van der Waals surface area contributed by atoms with Crippen molar-refractivity contribution in [2.24, 2.45) is 0 Å². The fourth-order valence-corrected chi connectivity index (χ4v) is 2.19. The van der Waals surface area contributed by atoms with Crippen LogP contribution in [0.4, 0.5) is 5.69 Å². The highest BCUT2D eigenvalue weighted by molar-refractivity contribution is 5.67. The first kappa shape index (κ1) is 6.30. The SMILES string of the molecule is C1=CN2CCc3cccc(c32)C1. The predicted octanol–water partition coefficient (Wildman–Crippen LogP) is 2.12. The van der Waals surface area contributed by atoms with Crippen molar-refractivity contribution in [3.05, 3.63) is 41.6 Å². The normalized spacial score (nSPS) is 18.2. The third-order valence-electron chi connectivity index (χ3n) is 2.74. The highest BCUT2D eigenvalue weighted by atomic mass is 15.1. The average Bonchev–Trinajstić information content (AvgIpc) is 2.52. The van der Waals surface area contributed by atoms with Gasteiger partial charge in [0.25, 0.3) is 0 Å². The molecule has 1 nitrogen and oxygen atoms in total. The minimum atomic E-state index is 1.11. The molecule has 0 atom stereocenters. The molecule has 2 aliphatic heterocycles. The Labute approximate surface area is 72.3 Å². The predicted molar refractivity (Wildman–Crippen MR) is 50.3 cm³/mol. The van der Waals surface area contributed by atoms with Crippen molar-refractivity contribution in [2.45, 2.75) is 12.8 Å². The first-order valence-electron chi connectivity index (χ1n) is 4.49. The second kappa shape index (κ2) is 2.13. The van der Waals surface area contributed by atoms with Gasteiger partial charge in [-0.1, -0.05) is 24.3 Å². The van der Waals surface area contributed by atoms with E-state index in [1.54, 1.807) is 0 Å². The van der Waals surface area contributed by atoms with Crippen LogP contribution in [0.1, 0.15) is 11.1 Å². The zero-order valence-corrected chi connectivity index (χ0v) is 6.96. The van der Waals surface area contributed by atoms with Gasteiger partial charge >= 0.3 is 0 Å². The van der Waals surface area contributed by atoms with Gasteiger partial charge in [0.15, 0.2) is 0 Å². The molecule has 0 fully saturated rings. The number of nitrogens with zero attached hydrogens (tertiary/aromatic N) is 1. The van der Waals surface area contributed by atoms with Gasteiger partial charge in [0.1, 0.15) is 0 Å². The van der Waals surface area contributed by atoms with Gasteiger partial charge in [-0.3, -0.25) is 0 Å². The van der Waals surface area contributed by atoms with Gasteiger partial charge in [-0.2, -0.15) is 0 Å². The Morgan fingerprint density at radius 3 is 3.08 bits per heavy atom. The summed E-state index contributed by atoms with van der Waals surface area (Å²) in [6.07, 6.45) is 6.80. The van der Waals surface area contributed by atoms with Crippen molar-refractivity contribution in [1.29, 1.82) is 0 Å². The first-order valence-corrected chi connectivity index (χ1v) is 4.49. The zero-order chi connectivity index (χ0) is 7.97. The van der Waals surface area contributed by atoms with E-state index >= 15 is 0 Å². The van der Waals surface area contributed by atoms with Crippen molar-refractivity contribution in [2.75, 3.05) is 11.4 Å². The van der Waals surface area contributed by atoms with Crippen molar-refractivity contribution in [3.8, 4) is 0 Å². The molecule has 0 saturated heterocycles. The monoisotopic (exact) mass is 157 g/mol. The average molecular weight is 157 g/mol. The molecule has 0 spiro atoms. The maximum Gasteiger partial charge on any atom is 0.0475 e. The summed E-state index contributed by atoms with van der Waals surface area (Å²) in [6, 6.07) is 6.66. The number of allylic oxidation sites excluding steroid dienone is 1. The molecule has 0 bridgehead atoms. The van der Waals surface area contributed by atoms with E-state index in [-0.39, 0.29) is 0 Å². The van der Waals surface area contributed by atoms with Gasteiger partial charge < -0.3 is 4.90 Å². The van der Waals surface area contributed by atoms with Crippen molar-refractivity contribution >= 4 is 5.69 Å². The van der Waals surface area contributed by atoms with Gasteiger partial charge in [-0.25, -0.2) is 0 Å². The van der Waals surface area contributed by atoms with E-state index in [0.717, 1.165) is 6.42 Å². The topological polar surface area (TPSA) is 3.24 Å². The second-order valence-electron chi connectivity index (χ2n) is 3.46. The summed E-state index contributed by atoms with van der Waals surface area (Å²) in [6.45, 7) is 1.17.